The van der Waals surface area contributed by atoms with E-state index in [4.69, 9.17) is 17.3 Å². The summed E-state index contributed by atoms with van der Waals surface area (Å²) in [6, 6.07) is 15.3. The van der Waals surface area contributed by atoms with Crippen LogP contribution in [0.2, 0.25) is 5.02 Å². The van der Waals surface area contributed by atoms with Crippen LogP contribution in [0.15, 0.2) is 48.5 Å². The van der Waals surface area contributed by atoms with E-state index in [2.05, 4.69) is 22.3 Å². The third-order valence-electron chi connectivity index (χ3n) is 4.42. The van der Waals surface area contributed by atoms with E-state index in [1.807, 2.05) is 12.1 Å². The molecule has 0 aromatic heterocycles. The van der Waals surface area contributed by atoms with Crippen LogP contribution in [0.3, 0.4) is 0 Å². The molecule has 0 bridgehead atoms. The van der Waals surface area contributed by atoms with E-state index in [1.165, 1.54) is 5.56 Å². The van der Waals surface area contributed by atoms with Gasteiger partial charge in [0, 0.05) is 41.9 Å². The van der Waals surface area contributed by atoms with Crippen molar-refractivity contribution in [3.63, 3.8) is 0 Å². The van der Waals surface area contributed by atoms with Gasteiger partial charge in [0.2, 0.25) is 0 Å². The third-order valence-corrected chi connectivity index (χ3v) is 4.67. The van der Waals surface area contributed by atoms with Gasteiger partial charge in [-0.25, -0.2) is 0 Å². The Labute approximate surface area is 147 Å². The summed E-state index contributed by atoms with van der Waals surface area (Å²) >= 11 is 5.92. The Balaban J connectivity index is 1.47. The minimum atomic E-state index is -0.0221. The second-order valence-corrected chi connectivity index (χ2v) is 6.71. The molecule has 1 heterocycles. The quantitative estimate of drug-likeness (QED) is 0.837. The van der Waals surface area contributed by atoms with E-state index in [-0.39, 0.29) is 11.9 Å². The van der Waals surface area contributed by atoms with Gasteiger partial charge in [-0.05, 0) is 54.8 Å². The van der Waals surface area contributed by atoms with Crippen molar-refractivity contribution in [3.8, 4) is 0 Å². The van der Waals surface area contributed by atoms with Gasteiger partial charge < -0.3 is 11.1 Å². The first kappa shape index (κ1) is 16.8. The second kappa shape index (κ2) is 7.69. The number of carbonyl (C=O) groups excluding carboxylic acids is 1. The topological polar surface area (TPSA) is 58.4 Å². The molecule has 0 saturated carbocycles. The molecule has 1 aliphatic rings. The lowest BCUT2D eigenvalue weighted by Gasteiger charge is -2.32. The van der Waals surface area contributed by atoms with Gasteiger partial charge in [-0.1, -0.05) is 23.7 Å². The number of anilines is 1. The predicted molar refractivity (Wildman–Crippen MR) is 98.1 cm³/mol. The zero-order valence-corrected chi connectivity index (χ0v) is 14.3. The van der Waals surface area contributed by atoms with Crippen molar-refractivity contribution in [2.45, 2.75) is 25.4 Å². The number of hydrogen-bond donors (Lipinski definition) is 2. The van der Waals surface area contributed by atoms with Crippen molar-refractivity contribution in [3.05, 3.63) is 64.7 Å². The summed E-state index contributed by atoms with van der Waals surface area (Å²) in [5.74, 6) is -0.0221. The first-order valence-electron chi connectivity index (χ1n) is 8.23. The maximum absolute atomic E-state index is 12.3. The Morgan fingerprint density at radius 3 is 2.33 bits per heavy atom. The summed E-state index contributed by atoms with van der Waals surface area (Å²) in [7, 11) is 0. The molecule has 1 amide bonds. The monoisotopic (exact) mass is 343 g/mol. The molecule has 0 radical (unpaired) electrons. The number of nitrogens with two attached hydrogens (primary N) is 1. The second-order valence-electron chi connectivity index (χ2n) is 6.27. The Morgan fingerprint density at radius 1 is 1.08 bits per heavy atom. The molecule has 2 aromatic carbocycles. The number of nitrogen functional groups attached to an aromatic ring is 1. The molecule has 2 aromatic rings. The van der Waals surface area contributed by atoms with Crippen molar-refractivity contribution >= 4 is 23.2 Å². The zero-order valence-electron chi connectivity index (χ0n) is 13.5. The lowest BCUT2D eigenvalue weighted by Crippen LogP contribution is -2.44. The molecule has 0 spiro atoms. The number of nitrogens with one attached hydrogen (secondary N) is 1. The molecule has 0 unspecified atom stereocenters. The summed E-state index contributed by atoms with van der Waals surface area (Å²) in [4.78, 5) is 14.7. The zero-order chi connectivity index (χ0) is 16.9. The van der Waals surface area contributed by atoms with Crippen molar-refractivity contribution < 1.29 is 4.79 Å². The van der Waals surface area contributed by atoms with Gasteiger partial charge in [0.15, 0.2) is 0 Å². The third kappa shape index (κ3) is 4.49. The maximum atomic E-state index is 12.3. The number of nitrogens with zero attached hydrogens (tertiary/aromatic N) is 1. The minimum Gasteiger partial charge on any atom is -0.399 e. The number of benzene rings is 2. The fraction of sp³-hybridized carbons (Fsp3) is 0.316. The maximum Gasteiger partial charge on any atom is 0.251 e. The van der Waals surface area contributed by atoms with Crippen LogP contribution in [0.1, 0.15) is 28.8 Å². The lowest BCUT2D eigenvalue weighted by atomic mass is 10.0. The number of piperidine rings is 1. The fourth-order valence-electron chi connectivity index (χ4n) is 2.99. The van der Waals surface area contributed by atoms with Crippen LogP contribution in [0, 0.1) is 0 Å². The highest BCUT2D eigenvalue weighted by molar-refractivity contribution is 6.30. The summed E-state index contributed by atoms with van der Waals surface area (Å²) in [6.45, 7) is 2.89. The van der Waals surface area contributed by atoms with Crippen molar-refractivity contribution in [2.24, 2.45) is 0 Å². The number of carbonyl (C=O) groups is 1. The first-order valence-corrected chi connectivity index (χ1v) is 8.61. The molecule has 1 fully saturated rings. The van der Waals surface area contributed by atoms with Crippen LogP contribution in [0.25, 0.3) is 0 Å². The normalized spacial score (nSPS) is 16.0. The highest BCUT2D eigenvalue weighted by Gasteiger charge is 2.21. The smallest absolute Gasteiger partial charge is 0.251 e. The predicted octanol–water partition coefficient (Wildman–Crippen LogP) is 3.32. The van der Waals surface area contributed by atoms with Gasteiger partial charge in [-0.2, -0.15) is 0 Å². The summed E-state index contributed by atoms with van der Waals surface area (Å²) < 4.78 is 0. The van der Waals surface area contributed by atoms with Crippen LogP contribution in [0.4, 0.5) is 5.69 Å². The highest BCUT2D eigenvalue weighted by atomic mass is 35.5. The van der Waals surface area contributed by atoms with Crippen LogP contribution in [0.5, 0.6) is 0 Å². The van der Waals surface area contributed by atoms with Crippen LogP contribution >= 0.6 is 11.6 Å². The van der Waals surface area contributed by atoms with Crippen molar-refractivity contribution in [1.29, 1.82) is 0 Å². The molecule has 0 aliphatic carbocycles. The van der Waals surface area contributed by atoms with Gasteiger partial charge in [-0.3, -0.25) is 9.69 Å². The average Bonchev–Trinajstić information content (AvgIpc) is 2.59. The Morgan fingerprint density at radius 2 is 1.71 bits per heavy atom. The van der Waals surface area contributed by atoms with E-state index in [0.717, 1.165) is 37.5 Å². The molecule has 3 rings (SSSR count). The Kier molecular flexibility index (Phi) is 5.38. The van der Waals surface area contributed by atoms with Gasteiger partial charge in [-0.15, -0.1) is 0 Å². The SMILES string of the molecule is Nc1ccc(C(=O)NC2CCN(Cc3ccc(Cl)cc3)CC2)cc1. The molecule has 0 atom stereocenters. The van der Waals surface area contributed by atoms with Crippen molar-refractivity contribution in [2.75, 3.05) is 18.8 Å². The fourth-order valence-corrected chi connectivity index (χ4v) is 3.11. The largest absolute Gasteiger partial charge is 0.399 e. The molecular formula is C19H22ClN3O. The van der Waals surface area contributed by atoms with E-state index >= 15 is 0 Å². The van der Waals surface area contributed by atoms with Gasteiger partial charge >= 0.3 is 0 Å². The molecule has 1 saturated heterocycles. The molecule has 3 N–H and O–H groups in total. The average molecular weight is 344 g/mol. The molecule has 24 heavy (non-hydrogen) atoms. The summed E-state index contributed by atoms with van der Waals surface area (Å²) in [5, 5.41) is 3.89. The lowest BCUT2D eigenvalue weighted by molar-refractivity contribution is 0.0909. The standard InChI is InChI=1S/C19H22ClN3O/c20-16-5-1-14(2-6-16)13-23-11-9-18(10-12-23)22-19(24)15-3-7-17(21)8-4-15/h1-8,18H,9-13,21H2,(H,22,24). The molecule has 1 aliphatic heterocycles. The number of hydrogen-bond acceptors (Lipinski definition) is 3. The van der Waals surface area contributed by atoms with Gasteiger partial charge in [0.1, 0.15) is 0 Å². The van der Waals surface area contributed by atoms with Gasteiger partial charge in [0.25, 0.3) is 5.91 Å². The highest BCUT2D eigenvalue weighted by Crippen LogP contribution is 2.16. The van der Waals surface area contributed by atoms with E-state index in [1.54, 1.807) is 24.3 Å². The van der Waals surface area contributed by atoms with Crippen LogP contribution in [-0.4, -0.2) is 29.9 Å². The minimum absolute atomic E-state index is 0.0221. The summed E-state index contributed by atoms with van der Waals surface area (Å²) in [6.07, 6.45) is 1.93. The van der Waals surface area contributed by atoms with Crippen molar-refractivity contribution in [1.82, 2.24) is 10.2 Å². The number of amides is 1. The molecule has 4 nitrogen and oxygen atoms in total. The Bertz CT molecular complexity index is 677. The van der Waals surface area contributed by atoms with Crippen LogP contribution < -0.4 is 11.1 Å². The Hall–Kier alpha value is -2.04. The first-order chi connectivity index (χ1) is 11.6. The van der Waals surface area contributed by atoms with E-state index in [9.17, 15) is 4.79 Å². The van der Waals surface area contributed by atoms with Gasteiger partial charge in [0.05, 0.1) is 0 Å². The molecule has 126 valence electrons. The number of likely N-dealkylation sites (tertiary alicyclic amines) is 1. The van der Waals surface area contributed by atoms with E-state index < -0.39 is 0 Å². The van der Waals surface area contributed by atoms with E-state index in [0.29, 0.717) is 11.3 Å². The summed E-state index contributed by atoms with van der Waals surface area (Å²) in [5.41, 5.74) is 8.25. The molecular weight excluding hydrogens is 322 g/mol. The number of halogens is 1. The number of rotatable bonds is 4. The molecule has 5 heteroatoms. The van der Waals surface area contributed by atoms with Crippen LogP contribution in [-0.2, 0) is 6.54 Å².